The molecule has 0 unspecified atom stereocenters. The van der Waals surface area contributed by atoms with Crippen LogP contribution in [0.3, 0.4) is 0 Å². The van der Waals surface area contributed by atoms with E-state index in [0.29, 0.717) is 18.7 Å². The second-order valence-corrected chi connectivity index (χ2v) is 6.48. The van der Waals surface area contributed by atoms with Crippen molar-refractivity contribution in [1.29, 1.82) is 0 Å². The molecular weight excluding hydrogens is 336 g/mol. The van der Waals surface area contributed by atoms with E-state index in [1.54, 1.807) is 6.07 Å². The minimum absolute atomic E-state index is 0.00626. The van der Waals surface area contributed by atoms with Gasteiger partial charge in [0.05, 0.1) is 5.02 Å². The molecule has 0 saturated carbocycles. The first-order valence-electron chi connectivity index (χ1n) is 8.35. The molecule has 4 nitrogen and oxygen atoms in total. The number of nitrogens with zero attached hydrogens (tertiary/aromatic N) is 2. The third-order valence-corrected chi connectivity index (χ3v) is 4.63. The summed E-state index contributed by atoms with van der Waals surface area (Å²) in [6.45, 7) is 3.95. The standard InChI is InChI=1S/C20H21ClN2O2/c21-18-15-17(8-9-19(18)24)20(25)23-13-11-22(12-14-23)10-4-7-16-5-2-1-3-6-16/h1-9,15,24H,10-14H2. The van der Waals surface area contributed by atoms with Crippen molar-refractivity contribution >= 4 is 23.6 Å². The van der Waals surface area contributed by atoms with Gasteiger partial charge in [-0.1, -0.05) is 54.1 Å². The molecule has 1 aliphatic rings. The van der Waals surface area contributed by atoms with Crippen molar-refractivity contribution in [3.63, 3.8) is 0 Å². The van der Waals surface area contributed by atoms with Crippen LogP contribution in [0.15, 0.2) is 54.6 Å². The van der Waals surface area contributed by atoms with Crippen LogP contribution in [0.2, 0.25) is 5.02 Å². The average Bonchev–Trinajstić information content (AvgIpc) is 2.65. The topological polar surface area (TPSA) is 43.8 Å². The summed E-state index contributed by atoms with van der Waals surface area (Å²) in [6, 6.07) is 14.8. The second-order valence-electron chi connectivity index (χ2n) is 6.07. The Morgan fingerprint density at radius 3 is 2.48 bits per heavy atom. The lowest BCUT2D eigenvalue weighted by Crippen LogP contribution is -2.48. The molecule has 0 radical (unpaired) electrons. The molecule has 2 aromatic carbocycles. The van der Waals surface area contributed by atoms with Crippen LogP contribution in [0, 0.1) is 0 Å². The predicted molar refractivity (Wildman–Crippen MR) is 101 cm³/mol. The number of hydrogen-bond acceptors (Lipinski definition) is 3. The summed E-state index contributed by atoms with van der Waals surface area (Å²) in [4.78, 5) is 16.7. The van der Waals surface area contributed by atoms with Gasteiger partial charge in [-0.05, 0) is 23.8 Å². The van der Waals surface area contributed by atoms with Crippen LogP contribution >= 0.6 is 11.6 Å². The van der Waals surface area contributed by atoms with Gasteiger partial charge in [-0.25, -0.2) is 0 Å². The van der Waals surface area contributed by atoms with Gasteiger partial charge in [0.1, 0.15) is 5.75 Å². The third kappa shape index (κ3) is 4.62. The van der Waals surface area contributed by atoms with Crippen molar-refractivity contribution in [2.45, 2.75) is 0 Å². The number of phenolic OH excluding ortho intramolecular Hbond substituents is 1. The van der Waals surface area contributed by atoms with E-state index in [1.807, 2.05) is 23.1 Å². The summed E-state index contributed by atoms with van der Waals surface area (Å²) in [5.41, 5.74) is 1.71. The number of piperazine rings is 1. The summed E-state index contributed by atoms with van der Waals surface area (Å²) >= 11 is 5.89. The van der Waals surface area contributed by atoms with E-state index in [-0.39, 0.29) is 16.7 Å². The Balaban J connectivity index is 1.50. The average molecular weight is 357 g/mol. The normalized spacial score (nSPS) is 15.6. The Morgan fingerprint density at radius 1 is 1.08 bits per heavy atom. The van der Waals surface area contributed by atoms with Crippen LogP contribution < -0.4 is 0 Å². The molecule has 1 heterocycles. The zero-order chi connectivity index (χ0) is 17.6. The van der Waals surface area contributed by atoms with Crippen molar-refractivity contribution in [3.8, 4) is 5.75 Å². The molecule has 0 spiro atoms. The lowest BCUT2D eigenvalue weighted by Gasteiger charge is -2.34. The SMILES string of the molecule is O=C(c1ccc(O)c(Cl)c1)N1CCN(CC=Cc2ccccc2)CC1. The molecule has 0 aliphatic carbocycles. The second kappa shape index (κ2) is 8.19. The number of benzene rings is 2. The molecule has 3 rings (SSSR count). The van der Waals surface area contributed by atoms with Crippen molar-refractivity contribution in [2.24, 2.45) is 0 Å². The van der Waals surface area contributed by atoms with E-state index in [1.165, 1.54) is 17.7 Å². The van der Waals surface area contributed by atoms with E-state index in [4.69, 9.17) is 11.6 Å². The summed E-state index contributed by atoms with van der Waals surface area (Å²) < 4.78 is 0. The van der Waals surface area contributed by atoms with Gasteiger partial charge in [-0.3, -0.25) is 9.69 Å². The van der Waals surface area contributed by atoms with E-state index in [9.17, 15) is 9.90 Å². The molecule has 130 valence electrons. The van der Waals surface area contributed by atoms with Crippen LogP contribution in [-0.4, -0.2) is 53.5 Å². The largest absolute Gasteiger partial charge is 0.506 e. The predicted octanol–water partition coefficient (Wildman–Crippen LogP) is 3.52. The molecule has 1 fully saturated rings. The Hall–Kier alpha value is -2.30. The van der Waals surface area contributed by atoms with Gasteiger partial charge in [0, 0.05) is 38.3 Å². The minimum atomic E-state index is -0.0404. The molecule has 1 aliphatic heterocycles. The van der Waals surface area contributed by atoms with Gasteiger partial charge in [0.15, 0.2) is 0 Å². The first kappa shape index (κ1) is 17.5. The Bertz CT molecular complexity index is 754. The number of hydrogen-bond donors (Lipinski definition) is 1. The molecule has 0 aromatic heterocycles. The Labute approximate surface area is 152 Å². The lowest BCUT2D eigenvalue weighted by atomic mass is 10.1. The number of aromatic hydroxyl groups is 1. The molecule has 1 amide bonds. The van der Waals surface area contributed by atoms with Gasteiger partial charge in [-0.2, -0.15) is 0 Å². The Morgan fingerprint density at radius 2 is 1.80 bits per heavy atom. The van der Waals surface area contributed by atoms with Gasteiger partial charge >= 0.3 is 0 Å². The fraction of sp³-hybridized carbons (Fsp3) is 0.250. The molecule has 2 aromatic rings. The first-order chi connectivity index (χ1) is 12.1. The number of amides is 1. The van der Waals surface area contributed by atoms with Crippen molar-refractivity contribution in [2.75, 3.05) is 32.7 Å². The van der Waals surface area contributed by atoms with Gasteiger partial charge in [-0.15, -0.1) is 0 Å². The minimum Gasteiger partial charge on any atom is -0.506 e. The lowest BCUT2D eigenvalue weighted by molar-refractivity contribution is 0.0650. The summed E-state index contributed by atoms with van der Waals surface area (Å²) in [6.07, 6.45) is 4.28. The zero-order valence-electron chi connectivity index (χ0n) is 13.9. The van der Waals surface area contributed by atoms with Crippen molar-refractivity contribution < 1.29 is 9.90 Å². The maximum Gasteiger partial charge on any atom is 0.253 e. The third-order valence-electron chi connectivity index (χ3n) is 4.33. The highest BCUT2D eigenvalue weighted by Gasteiger charge is 2.22. The number of phenols is 1. The molecule has 0 bridgehead atoms. The summed E-state index contributed by atoms with van der Waals surface area (Å²) in [5, 5.41) is 9.67. The molecule has 5 heteroatoms. The Kier molecular flexibility index (Phi) is 5.74. The van der Waals surface area contributed by atoms with E-state index < -0.39 is 0 Å². The highest BCUT2D eigenvalue weighted by Crippen LogP contribution is 2.24. The number of rotatable bonds is 4. The highest BCUT2D eigenvalue weighted by atomic mass is 35.5. The molecule has 0 atom stereocenters. The number of halogens is 1. The van der Waals surface area contributed by atoms with E-state index in [2.05, 4.69) is 29.2 Å². The van der Waals surface area contributed by atoms with E-state index in [0.717, 1.165) is 19.6 Å². The van der Waals surface area contributed by atoms with Gasteiger partial charge in [0.25, 0.3) is 5.91 Å². The van der Waals surface area contributed by atoms with Gasteiger partial charge in [0.2, 0.25) is 0 Å². The maximum absolute atomic E-state index is 12.5. The monoisotopic (exact) mass is 356 g/mol. The molecule has 1 N–H and O–H groups in total. The fourth-order valence-electron chi connectivity index (χ4n) is 2.86. The van der Waals surface area contributed by atoms with Crippen molar-refractivity contribution in [3.05, 3.63) is 70.8 Å². The van der Waals surface area contributed by atoms with Crippen LogP contribution in [0.25, 0.3) is 6.08 Å². The van der Waals surface area contributed by atoms with Crippen LogP contribution in [0.4, 0.5) is 0 Å². The highest BCUT2D eigenvalue weighted by molar-refractivity contribution is 6.32. The zero-order valence-corrected chi connectivity index (χ0v) is 14.7. The summed E-state index contributed by atoms with van der Waals surface area (Å²) in [7, 11) is 0. The smallest absolute Gasteiger partial charge is 0.253 e. The molecular formula is C20H21ClN2O2. The quantitative estimate of drug-likeness (QED) is 0.911. The van der Waals surface area contributed by atoms with Crippen LogP contribution in [-0.2, 0) is 0 Å². The summed E-state index contributed by atoms with van der Waals surface area (Å²) in [5.74, 6) is -0.0467. The first-order valence-corrected chi connectivity index (χ1v) is 8.73. The maximum atomic E-state index is 12.5. The fourth-order valence-corrected chi connectivity index (χ4v) is 3.04. The van der Waals surface area contributed by atoms with Crippen LogP contribution in [0.5, 0.6) is 5.75 Å². The van der Waals surface area contributed by atoms with Gasteiger partial charge < -0.3 is 10.0 Å². The van der Waals surface area contributed by atoms with E-state index >= 15 is 0 Å². The molecule has 25 heavy (non-hydrogen) atoms. The van der Waals surface area contributed by atoms with Crippen molar-refractivity contribution in [1.82, 2.24) is 9.80 Å². The number of carbonyl (C=O) groups excluding carboxylic acids is 1. The molecule has 1 saturated heterocycles. The number of carbonyl (C=O) groups is 1. The van der Waals surface area contributed by atoms with Crippen LogP contribution in [0.1, 0.15) is 15.9 Å².